The summed E-state index contributed by atoms with van der Waals surface area (Å²) in [5.41, 5.74) is 2.10. The molecule has 3 aromatic rings. The van der Waals surface area contributed by atoms with Crippen molar-refractivity contribution in [2.45, 2.75) is 13.0 Å². The highest BCUT2D eigenvalue weighted by Crippen LogP contribution is 2.26. The maximum Gasteiger partial charge on any atom is 0.266 e. The van der Waals surface area contributed by atoms with Gasteiger partial charge in [0.05, 0.1) is 25.3 Å². The van der Waals surface area contributed by atoms with E-state index in [9.17, 15) is 14.4 Å². The zero-order valence-corrected chi connectivity index (χ0v) is 17.7. The molecule has 2 amide bonds. The third-order valence-electron chi connectivity index (χ3n) is 5.44. The molecule has 1 fully saturated rings. The molecule has 1 atom stereocenters. The van der Waals surface area contributed by atoms with Crippen LogP contribution in [-0.4, -0.2) is 41.8 Å². The van der Waals surface area contributed by atoms with E-state index in [0.717, 1.165) is 11.3 Å². The van der Waals surface area contributed by atoms with Crippen molar-refractivity contribution < 1.29 is 14.3 Å². The first-order chi connectivity index (χ1) is 15.5. The second-order valence-corrected chi connectivity index (χ2v) is 7.54. The predicted molar refractivity (Wildman–Crippen MR) is 120 cm³/mol. The highest BCUT2D eigenvalue weighted by molar-refractivity contribution is 6.00. The van der Waals surface area contributed by atoms with E-state index in [2.05, 4.69) is 10.4 Å². The summed E-state index contributed by atoms with van der Waals surface area (Å²) in [6.07, 6.45) is 0.152. The van der Waals surface area contributed by atoms with Gasteiger partial charge in [-0.05, 0) is 30.3 Å². The molecule has 8 nitrogen and oxygen atoms in total. The number of hydrogen-bond acceptors (Lipinski definition) is 5. The number of carbonyl (C=O) groups excluding carboxylic acids is 2. The second kappa shape index (κ2) is 9.47. The van der Waals surface area contributed by atoms with Crippen LogP contribution in [0.15, 0.2) is 71.5 Å². The first-order valence-electron chi connectivity index (χ1n) is 10.4. The van der Waals surface area contributed by atoms with Crippen LogP contribution >= 0.6 is 0 Å². The summed E-state index contributed by atoms with van der Waals surface area (Å²) in [6.45, 7) is 0.810. The molecule has 1 saturated heterocycles. The van der Waals surface area contributed by atoms with Gasteiger partial charge in [-0.25, -0.2) is 4.68 Å². The largest absolute Gasteiger partial charge is 0.497 e. The van der Waals surface area contributed by atoms with Gasteiger partial charge in [-0.15, -0.1) is 0 Å². The number of hydrogen-bond donors (Lipinski definition) is 1. The SMILES string of the molecule is COc1ccc(N2CC(C(=O)NCCn3nc(-c4ccccc4)ccc3=O)CC2=O)cc1. The number of ether oxygens (including phenoxy) is 1. The maximum atomic E-state index is 12.6. The van der Waals surface area contributed by atoms with Crippen molar-refractivity contribution in [1.29, 1.82) is 0 Å². The molecule has 32 heavy (non-hydrogen) atoms. The summed E-state index contributed by atoms with van der Waals surface area (Å²) in [5, 5.41) is 7.23. The van der Waals surface area contributed by atoms with Gasteiger partial charge >= 0.3 is 0 Å². The Morgan fingerprint density at radius 1 is 1.06 bits per heavy atom. The van der Waals surface area contributed by atoms with Gasteiger partial charge in [-0.3, -0.25) is 14.4 Å². The molecule has 0 radical (unpaired) electrons. The third kappa shape index (κ3) is 4.69. The van der Waals surface area contributed by atoms with Gasteiger partial charge in [0, 0.05) is 36.8 Å². The van der Waals surface area contributed by atoms with Crippen molar-refractivity contribution in [2.24, 2.45) is 5.92 Å². The molecule has 2 heterocycles. The van der Waals surface area contributed by atoms with Crippen molar-refractivity contribution in [3.63, 3.8) is 0 Å². The van der Waals surface area contributed by atoms with E-state index in [1.807, 2.05) is 30.3 Å². The molecule has 1 aromatic heterocycles. The Kier molecular flexibility index (Phi) is 6.30. The number of rotatable bonds is 7. The summed E-state index contributed by atoms with van der Waals surface area (Å²) < 4.78 is 6.48. The molecule has 0 bridgehead atoms. The van der Waals surface area contributed by atoms with Crippen LogP contribution in [0.2, 0.25) is 0 Å². The molecule has 0 aliphatic carbocycles. The summed E-state index contributed by atoms with van der Waals surface area (Å²) in [5.74, 6) is -0.0369. The van der Waals surface area contributed by atoms with Gasteiger partial charge in [0.25, 0.3) is 5.56 Å². The zero-order chi connectivity index (χ0) is 22.5. The minimum absolute atomic E-state index is 0.0937. The van der Waals surface area contributed by atoms with Crippen molar-refractivity contribution >= 4 is 17.5 Å². The monoisotopic (exact) mass is 432 g/mol. The quantitative estimate of drug-likeness (QED) is 0.617. The topological polar surface area (TPSA) is 93.5 Å². The van der Waals surface area contributed by atoms with Gasteiger partial charge in [0.1, 0.15) is 5.75 Å². The molecule has 0 saturated carbocycles. The smallest absolute Gasteiger partial charge is 0.266 e. The molecule has 0 spiro atoms. The average Bonchev–Trinajstić information content (AvgIpc) is 3.22. The fraction of sp³-hybridized carbons (Fsp3) is 0.250. The molecular weight excluding hydrogens is 408 g/mol. The molecule has 1 unspecified atom stereocenters. The van der Waals surface area contributed by atoms with Crippen LogP contribution < -0.4 is 20.5 Å². The summed E-state index contributed by atoms with van der Waals surface area (Å²) in [4.78, 5) is 38.8. The molecule has 1 aliphatic heterocycles. The lowest BCUT2D eigenvalue weighted by molar-refractivity contribution is -0.126. The predicted octanol–water partition coefficient (Wildman–Crippen LogP) is 2.09. The third-order valence-corrected chi connectivity index (χ3v) is 5.44. The maximum absolute atomic E-state index is 12.6. The molecular formula is C24H24N4O4. The van der Waals surface area contributed by atoms with Gasteiger partial charge in [-0.2, -0.15) is 5.10 Å². The van der Waals surface area contributed by atoms with Gasteiger partial charge < -0.3 is 15.0 Å². The molecule has 2 aromatic carbocycles. The first kappa shape index (κ1) is 21.3. The second-order valence-electron chi connectivity index (χ2n) is 7.54. The van der Waals surface area contributed by atoms with E-state index in [0.29, 0.717) is 18.0 Å². The van der Waals surface area contributed by atoms with Crippen LogP contribution in [0.1, 0.15) is 6.42 Å². The summed E-state index contributed by atoms with van der Waals surface area (Å²) in [6, 6.07) is 19.9. The number of aromatic nitrogens is 2. The lowest BCUT2D eigenvalue weighted by Crippen LogP contribution is -2.36. The average molecular weight is 432 g/mol. The molecule has 4 rings (SSSR count). The minimum Gasteiger partial charge on any atom is -0.497 e. The fourth-order valence-corrected chi connectivity index (χ4v) is 3.70. The Bertz CT molecular complexity index is 1160. The number of nitrogens with one attached hydrogen (secondary N) is 1. The van der Waals surface area contributed by atoms with E-state index in [4.69, 9.17) is 4.74 Å². The number of anilines is 1. The molecule has 1 N–H and O–H groups in total. The lowest BCUT2D eigenvalue weighted by Gasteiger charge is -2.17. The van der Waals surface area contributed by atoms with Crippen LogP contribution in [0.4, 0.5) is 5.69 Å². The van der Waals surface area contributed by atoms with E-state index >= 15 is 0 Å². The van der Waals surface area contributed by atoms with Crippen molar-refractivity contribution in [3.8, 4) is 17.0 Å². The zero-order valence-electron chi connectivity index (χ0n) is 17.7. The molecule has 164 valence electrons. The van der Waals surface area contributed by atoms with Gasteiger partial charge in [-0.1, -0.05) is 30.3 Å². The Balaban J connectivity index is 1.34. The minimum atomic E-state index is -0.440. The van der Waals surface area contributed by atoms with Crippen LogP contribution in [0.5, 0.6) is 5.75 Å². The van der Waals surface area contributed by atoms with E-state index < -0.39 is 5.92 Å². The van der Waals surface area contributed by atoms with E-state index in [1.165, 1.54) is 10.7 Å². The Labute approximate surface area is 185 Å². The lowest BCUT2D eigenvalue weighted by atomic mass is 10.1. The number of nitrogens with zero attached hydrogens (tertiary/aromatic N) is 3. The highest BCUT2D eigenvalue weighted by atomic mass is 16.5. The van der Waals surface area contributed by atoms with Crippen LogP contribution in [0.25, 0.3) is 11.3 Å². The van der Waals surface area contributed by atoms with Gasteiger partial charge in [0.15, 0.2) is 0 Å². The Morgan fingerprint density at radius 2 is 1.81 bits per heavy atom. The Morgan fingerprint density at radius 3 is 2.53 bits per heavy atom. The molecule has 1 aliphatic rings. The summed E-state index contributed by atoms with van der Waals surface area (Å²) in [7, 11) is 1.58. The number of carbonyl (C=O) groups is 2. The fourth-order valence-electron chi connectivity index (χ4n) is 3.70. The van der Waals surface area contributed by atoms with Crippen LogP contribution in [0.3, 0.4) is 0 Å². The van der Waals surface area contributed by atoms with E-state index in [-0.39, 0.29) is 36.9 Å². The standard InChI is InChI=1S/C24H24N4O4/c1-32-20-9-7-19(8-10-20)27-16-18(15-23(27)30)24(31)25-13-14-28-22(29)12-11-21(26-28)17-5-3-2-4-6-17/h2-12,18H,13-16H2,1H3,(H,25,31). The normalized spacial score (nSPS) is 15.6. The van der Waals surface area contributed by atoms with Crippen LogP contribution in [0, 0.1) is 5.92 Å². The number of amides is 2. The van der Waals surface area contributed by atoms with Crippen molar-refractivity contribution in [2.75, 3.05) is 25.1 Å². The van der Waals surface area contributed by atoms with Crippen molar-refractivity contribution in [1.82, 2.24) is 15.1 Å². The number of benzene rings is 2. The highest BCUT2D eigenvalue weighted by Gasteiger charge is 2.34. The first-order valence-corrected chi connectivity index (χ1v) is 10.4. The Hall–Kier alpha value is -3.94. The molecule has 8 heteroatoms. The van der Waals surface area contributed by atoms with Gasteiger partial charge in [0.2, 0.25) is 11.8 Å². The van der Waals surface area contributed by atoms with Crippen molar-refractivity contribution in [3.05, 3.63) is 77.1 Å². The summed E-state index contributed by atoms with van der Waals surface area (Å²) >= 11 is 0. The van der Waals surface area contributed by atoms with E-state index in [1.54, 1.807) is 42.3 Å². The van der Waals surface area contributed by atoms with Crippen LogP contribution in [-0.2, 0) is 16.1 Å². The number of methoxy groups -OCH3 is 1.